The van der Waals surface area contributed by atoms with Crippen LogP contribution in [0.25, 0.3) is 5.57 Å². The highest BCUT2D eigenvalue weighted by Gasteiger charge is 2.29. The van der Waals surface area contributed by atoms with Crippen LogP contribution >= 0.6 is 0 Å². The number of pyridine rings is 1. The molecule has 1 saturated carbocycles. The molecule has 0 bridgehead atoms. The third-order valence-corrected chi connectivity index (χ3v) is 4.99. The molecular formula is C22H21FN4O2. The lowest BCUT2D eigenvalue weighted by molar-refractivity contribution is 0.0601. The average molecular weight is 392 g/mol. The van der Waals surface area contributed by atoms with Crippen molar-refractivity contribution < 1.29 is 13.9 Å². The van der Waals surface area contributed by atoms with Crippen LogP contribution in [0.15, 0.2) is 54.3 Å². The van der Waals surface area contributed by atoms with Gasteiger partial charge in [0, 0.05) is 29.7 Å². The number of nitrogens with zero attached hydrogens (tertiary/aromatic N) is 3. The van der Waals surface area contributed by atoms with E-state index in [1.165, 1.54) is 19.4 Å². The van der Waals surface area contributed by atoms with Crippen LogP contribution < -0.4 is 5.32 Å². The number of anilines is 2. The highest BCUT2D eigenvalue weighted by Crippen LogP contribution is 2.43. The SMILES string of the molecule is COC(=O)c1cnccc1Nc1nc(C2=C(F)C=CC(C)=CC2)ncc1C1CC1. The van der Waals surface area contributed by atoms with Crippen molar-refractivity contribution in [3.8, 4) is 0 Å². The first-order valence-electron chi connectivity index (χ1n) is 9.47. The Morgan fingerprint density at radius 2 is 2.10 bits per heavy atom. The minimum absolute atomic E-state index is 0.304. The van der Waals surface area contributed by atoms with Crippen molar-refractivity contribution in [3.63, 3.8) is 0 Å². The maximum absolute atomic E-state index is 14.6. The van der Waals surface area contributed by atoms with Gasteiger partial charge in [-0.25, -0.2) is 19.2 Å². The van der Waals surface area contributed by atoms with Gasteiger partial charge in [-0.1, -0.05) is 17.7 Å². The smallest absolute Gasteiger partial charge is 0.341 e. The van der Waals surface area contributed by atoms with E-state index in [0.29, 0.717) is 40.8 Å². The first-order valence-corrected chi connectivity index (χ1v) is 9.47. The minimum Gasteiger partial charge on any atom is -0.465 e. The van der Waals surface area contributed by atoms with E-state index in [1.807, 2.05) is 13.0 Å². The van der Waals surface area contributed by atoms with Crippen molar-refractivity contribution in [2.24, 2.45) is 0 Å². The molecule has 2 heterocycles. The van der Waals surface area contributed by atoms with E-state index >= 15 is 0 Å². The fraction of sp³-hybridized carbons (Fsp3) is 0.273. The summed E-state index contributed by atoms with van der Waals surface area (Å²) < 4.78 is 19.4. The van der Waals surface area contributed by atoms with Crippen molar-refractivity contribution >= 4 is 23.0 Å². The standard InChI is InChI=1S/C22H21FN4O2/c1-13-3-7-15(18(23)8-4-13)20-25-12-16(14-5-6-14)21(27-20)26-19-9-10-24-11-17(19)22(28)29-2/h3-4,8-12,14H,5-7H2,1-2H3,(H,24,25,26,27). The molecule has 148 valence electrons. The number of allylic oxidation sites excluding steroid dienone is 6. The van der Waals surface area contributed by atoms with E-state index in [0.717, 1.165) is 24.0 Å². The maximum Gasteiger partial charge on any atom is 0.341 e. The molecule has 0 radical (unpaired) electrons. The number of ether oxygens (including phenoxy) is 1. The van der Waals surface area contributed by atoms with E-state index in [9.17, 15) is 9.18 Å². The highest BCUT2D eigenvalue weighted by molar-refractivity contribution is 5.96. The van der Waals surface area contributed by atoms with Crippen LogP contribution in [-0.4, -0.2) is 28.0 Å². The van der Waals surface area contributed by atoms with Gasteiger partial charge in [-0.3, -0.25) is 4.98 Å². The Labute approximate surface area is 168 Å². The molecule has 2 aliphatic carbocycles. The van der Waals surface area contributed by atoms with Crippen LogP contribution in [0, 0.1) is 0 Å². The zero-order chi connectivity index (χ0) is 20.4. The summed E-state index contributed by atoms with van der Waals surface area (Å²) in [5.74, 6) is 0.431. The fourth-order valence-corrected chi connectivity index (χ4v) is 3.17. The second-order valence-electron chi connectivity index (χ2n) is 7.12. The van der Waals surface area contributed by atoms with Crippen LogP contribution in [0.4, 0.5) is 15.9 Å². The number of hydrogen-bond donors (Lipinski definition) is 1. The summed E-state index contributed by atoms with van der Waals surface area (Å²) in [6.45, 7) is 1.93. The summed E-state index contributed by atoms with van der Waals surface area (Å²) in [6, 6.07) is 1.69. The van der Waals surface area contributed by atoms with Crippen molar-refractivity contribution in [1.29, 1.82) is 0 Å². The molecule has 2 aliphatic rings. The molecule has 2 aromatic heterocycles. The lowest BCUT2D eigenvalue weighted by Crippen LogP contribution is -2.09. The van der Waals surface area contributed by atoms with Gasteiger partial charge in [0.1, 0.15) is 17.2 Å². The van der Waals surface area contributed by atoms with Crippen molar-refractivity contribution in [1.82, 2.24) is 15.0 Å². The molecule has 1 N–H and O–H groups in total. The molecule has 0 atom stereocenters. The molecule has 4 rings (SSSR count). The molecule has 29 heavy (non-hydrogen) atoms. The zero-order valence-electron chi connectivity index (χ0n) is 16.3. The Bertz CT molecular complexity index is 1050. The van der Waals surface area contributed by atoms with E-state index < -0.39 is 5.97 Å². The Balaban J connectivity index is 1.75. The number of nitrogens with one attached hydrogen (secondary N) is 1. The summed E-state index contributed by atoms with van der Waals surface area (Å²) in [5, 5.41) is 3.23. The van der Waals surface area contributed by atoms with Crippen LogP contribution in [0.3, 0.4) is 0 Å². The van der Waals surface area contributed by atoms with Crippen molar-refractivity contribution in [2.45, 2.75) is 32.1 Å². The summed E-state index contributed by atoms with van der Waals surface area (Å²) in [5.41, 5.74) is 3.22. The largest absolute Gasteiger partial charge is 0.465 e. The minimum atomic E-state index is -0.494. The normalized spacial score (nSPS) is 16.3. The Kier molecular flexibility index (Phi) is 5.20. The maximum atomic E-state index is 14.6. The number of carbonyl (C=O) groups is 1. The topological polar surface area (TPSA) is 77.0 Å². The molecule has 6 nitrogen and oxygen atoms in total. The van der Waals surface area contributed by atoms with E-state index in [1.54, 1.807) is 24.5 Å². The second kappa shape index (κ2) is 7.95. The second-order valence-corrected chi connectivity index (χ2v) is 7.12. The highest BCUT2D eigenvalue weighted by atomic mass is 19.1. The molecule has 0 unspecified atom stereocenters. The van der Waals surface area contributed by atoms with Gasteiger partial charge >= 0.3 is 5.97 Å². The van der Waals surface area contributed by atoms with Gasteiger partial charge in [-0.05, 0) is 44.2 Å². The molecule has 0 aliphatic heterocycles. The van der Waals surface area contributed by atoms with E-state index in [4.69, 9.17) is 4.74 Å². The van der Waals surface area contributed by atoms with Crippen LogP contribution in [0.5, 0.6) is 0 Å². The van der Waals surface area contributed by atoms with Crippen LogP contribution in [0.2, 0.25) is 0 Å². The molecule has 2 aromatic rings. The third-order valence-electron chi connectivity index (χ3n) is 4.99. The molecular weight excluding hydrogens is 371 g/mol. The Hall–Kier alpha value is -3.35. The molecule has 0 spiro atoms. The van der Waals surface area contributed by atoms with Crippen LogP contribution in [0.1, 0.15) is 53.8 Å². The molecule has 0 amide bonds. The molecule has 1 fully saturated rings. The fourth-order valence-electron chi connectivity index (χ4n) is 3.17. The van der Waals surface area contributed by atoms with Gasteiger partial charge in [0.25, 0.3) is 0 Å². The van der Waals surface area contributed by atoms with Gasteiger partial charge in [-0.15, -0.1) is 0 Å². The van der Waals surface area contributed by atoms with Crippen molar-refractivity contribution in [3.05, 3.63) is 71.2 Å². The lowest BCUT2D eigenvalue weighted by atomic mass is 10.1. The Morgan fingerprint density at radius 3 is 2.86 bits per heavy atom. The lowest BCUT2D eigenvalue weighted by Gasteiger charge is -2.14. The van der Waals surface area contributed by atoms with Crippen molar-refractivity contribution in [2.75, 3.05) is 12.4 Å². The summed E-state index contributed by atoms with van der Waals surface area (Å²) in [7, 11) is 1.32. The Morgan fingerprint density at radius 1 is 1.28 bits per heavy atom. The summed E-state index contributed by atoms with van der Waals surface area (Å²) in [6.07, 6.45) is 12.4. The van der Waals surface area contributed by atoms with E-state index in [2.05, 4.69) is 20.3 Å². The summed E-state index contributed by atoms with van der Waals surface area (Å²) in [4.78, 5) is 25.2. The zero-order valence-corrected chi connectivity index (χ0v) is 16.3. The molecule has 0 saturated heterocycles. The quantitative estimate of drug-likeness (QED) is 0.732. The average Bonchev–Trinajstić information content (AvgIpc) is 3.58. The summed E-state index contributed by atoms with van der Waals surface area (Å²) >= 11 is 0. The number of rotatable bonds is 5. The predicted octanol–water partition coefficient (Wildman–Crippen LogP) is 4.87. The van der Waals surface area contributed by atoms with Gasteiger partial charge in [0.05, 0.1) is 12.8 Å². The third kappa shape index (κ3) is 4.08. The van der Waals surface area contributed by atoms with Gasteiger partial charge in [0.2, 0.25) is 0 Å². The monoisotopic (exact) mass is 392 g/mol. The predicted molar refractivity (Wildman–Crippen MR) is 108 cm³/mol. The van der Waals surface area contributed by atoms with Gasteiger partial charge < -0.3 is 10.1 Å². The van der Waals surface area contributed by atoms with Crippen LogP contribution in [-0.2, 0) is 4.74 Å². The van der Waals surface area contributed by atoms with E-state index in [-0.39, 0.29) is 5.83 Å². The first kappa shape index (κ1) is 19.0. The van der Waals surface area contributed by atoms with Gasteiger partial charge in [-0.2, -0.15) is 0 Å². The molecule has 0 aromatic carbocycles. The molecule has 7 heteroatoms. The van der Waals surface area contributed by atoms with Gasteiger partial charge in [0.15, 0.2) is 5.82 Å². The number of halogens is 1. The number of methoxy groups -OCH3 is 1. The number of hydrogen-bond acceptors (Lipinski definition) is 6. The number of carbonyl (C=O) groups excluding carboxylic acids is 1. The number of esters is 1. The number of aromatic nitrogens is 3. The first-order chi connectivity index (χ1) is 14.1.